The summed E-state index contributed by atoms with van der Waals surface area (Å²) in [6.45, 7) is 13.1. The first-order valence-corrected chi connectivity index (χ1v) is 8.41. The van der Waals surface area contributed by atoms with E-state index in [2.05, 4.69) is 30.1 Å². The summed E-state index contributed by atoms with van der Waals surface area (Å²) in [7, 11) is 0. The summed E-state index contributed by atoms with van der Waals surface area (Å²) in [6.07, 6.45) is 0.623. The van der Waals surface area contributed by atoms with E-state index in [0.29, 0.717) is 13.1 Å². The summed E-state index contributed by atoms with van der Waals surface area (Å²) in [4.78, 5) is 17.5. The summed E-state index contributed by atoms with van der Waals surface area (Å²) in [5.41, 5.74) is 4.41. The molecule has 0 fully saturated rings. The molecule has 0 spiro atoms. The highest BCUT2D eigenvalue weighted by Gasteiger charge is 2.27. The number of carbonyl (C=O) groups is 1. The molecule has 3 rings (SSSR count). The summed E-state index contributed by atoms with van der Waals surface area (Å²) >= 11 is 0. The van der Waals surface area contributed by atoms with Gasteiger partial charge in [-0.05, 0) is 39.8 Å². The van der Waals surface area contributed by atoms with E-state index in [0.717, 1.165) is 11.9 Å². The van der Waals surface area contributed by atoms with E-state index in [1.807, 2.05) is 34.6 Å². The fourth-order valence-electron chi connectivity index (χ4n) is 2.81. The van der Waals surface area contributed by atoms with Gasteiger partial charge in [0, 0.05) is 35.1 Å². The van der Waals surface area contributed by atoms with E-state index >= 15 is 0 Å². The van der Waals surface area contributed by atoms with Gasteiger partial charge in [0.1, 0.15) is 5.60 Å². The zero-order chi connectivity index (χ0) is 17.2. The van der Waals surface area contributed by atoms with Gasteiger partial charge in [-0.3, -0.25) is 0 Å². The Labute approximate surface area is 138 Å². The Kier molecular flexibility index (Phi) is 5.03. The van der Waals surface area contributed by atoms with Crippen molar-refractivity contribution >= 4 is 17.0 Å². The first-order chi connectivity index (χ1) is 10.8. The third kappa shape index (κ3) is 3.87. The largest absolute Gasteiger partial charge is 0.444 e. The Morgan fingerprint density at radius 2 is 1.96 bits per heavy atom. The minimum atomic E-state index is -0.450. The van der Waals surface area contributed by atoms with E-state index in [1.165, 1.54) is 22.2 Å². The second kappa shape index (κ2) is 6.65. The van der Waals surface area contributed by atoms with Gasteiger partial charge in [-0.1, -0.05) is 25.5 Å². The Balaban J connectivity index is 0.000000924. The van der Waals surface area contributed by atoms with Crippen molar-refractivity contribution in [2.45, 2.75) is 60.1 Å². The van der Waals surface area contributed by atoms with E-state index in [-0.39, 0.29) is 6.09 Å². The molecule has 2 aromatic rings. The Bertz CT molecular complexity index is 695. The van der Waals surface area contributed by atoms with Crippen LogP contribution >= 0.6 is 0 Å². The van der Waals surface area contributed by atoms with Crippen LogP contribution < -0.4 is 0 Å². The SMILES string of the molecule is CC.Cc1ccc2[nH]c3c(c2c1)CN(C(=O)OC(C)(C)C)CC3. The fraction of sp³-hybridized carbons (Fsp3) is 0.526. The van der Waals surface area contributed by atoms with Crippen LogP contribution in [-0.2, 0) is 17.7 Å². The minimum absolute atomic E-state index is 0.227. The summed E-state index contributed by atoms with van der Waals surface area (Å²) in [5.74, 6) is 0. The van der Waals surface area contributed by atoms with E-state index < -0.39 is 5.60 Å². The molecule has 0 saturated carbocycles. The highest BCUT2D eigenvalue weighted by molar-refractivity contribution is 5.86. The van der Waals surface area contributed by atoms with Gasteiger partial charge in [0.25, 0.3) is 0 Å². The van der Waals surface area contributed by atoms with Gasteiger partial charge in [0.15, 0.2) is 0 Å². The van der Waals surface area contributed by atoms with Gasteiger partial charge in [-0.25, -0.2) is 4.79 Å². The van der Waals surface area contributed by atoms with Crippen molar-refractivity contribution in [2.24, 2.45) is 0 Å². The highest BCUT2D eigenvalue weighted by Crippen LogP contribution is 2.29. The lowest BCUT2D eigenvalue weighted by atomic mass is 10.0. The number of aromatic amines is 1. The predicted molar refractivity (Wildman–Crippen MR) is 94.7 cm³/mol. The normalized spacial score (nSPS) is 14.1. The number of carbonyl (C=O) groups excluding carboxylic acids is 1. The molecule has 126 valence electrons. The number of hydrogen-bond acceptors (Lipinski definition) is 2. The van der Waals surface area contributed by atoms with E-state index in [9.17, 15) is 4.79 Å². The van der Waals surface area contributed by atoms with Crippen LogP contribution in [0.25, 0.3) is 10.9 Å². The van der Waals surface area contributed by atoms with Crippen LogP contribution in [0.15, 0.2) is 18.2 Å². The van der Waals surface area contributed by atoms with Gasteiger partial charge in [-0.15, -0.1) is 0 Å². The summed E-state index contributed by atoms with van der Waals surface area (Å²) in [5, 5.41) is 1.22. The molecular weight excluding hydrogens is 288 g/mol. The van der Waals surface area contributed by atoms with E-state index in [1.54, 1.807) is 4.90 Å². The van der Waals surface area contributed by atoms with Gasteiger partial charge >= 0.3 is 6.09 Å². The van der Waals surface area contributed by atoms with Gasteiger partial charge < -0.3 is 14.6 Å². The molecule has 1 aliphatic rings. The number of nitrogens with zero attached hydrogens (tertiary/aromatic N) is 1. The maximum atomic E-state index is 12.2. The third-order valence-electron chi connectivity index (χ3n) is 3.78. The second-order valence-electron chi connectivity index (χ2n) is 6.78. The van der Waals surface area contributed by atoms with Crippen LogP contribution in [0.1, 0.15) is 51.4 Å². The first-order valence-electron chi connectivity index (χ1n) is 8.41. The van der Waals surface area contributed by atoms with Crippen LogP contribution in [-0.4, -0.2) is 28.1 Å². The number of amides is 1. The molecule has 1 aliphatic heterocycles. The highest BCUT2D eigenvalue weighted by atomic mass is 16.6. The van der Waals surface area contributed by atoms with Crippen molar-refractivity contribution in [1.82, 2.24) is 9.88 Å². The van der Waals surface area contributed by atoms with Crippen molar-refractivity contribution in [2.75, 3.05) is 6.54 Å². The number of ether oxygens (including phenoxy) is 1. The van der Waals surface area contributed by atoms with Crippen LogP contribution in [0.4, 0.5) is 4.79 Å². The molecule has 23 heavy (non-hydrogen) atoms. The molecule has 0 unspecified atom stereocenters. The number of aromatic nitrogens is 1. The van der Waals surface area contributed by atoms with Crippen LogP contribution in [0.2, 0.25) is 0 Å². The van der Waals surface area contributed by atoms with Crippen molar-refractivity contribution in [3.05, 3.63) is 35.0 Å². The molecule has 4 nitrogen and oxygen atoms in total. The van der Waals surface area contributed by atoms with Crippen LogP contribution in [0, 0.1) is 6.92 Å². The Morgan fingerprint density at radius 1 is 1.26 bits per heavy atom. The molecular formula is C19H28N2O2. The molecule has 1 aromatic heterocycles. The number of fused-ring (bicyclic) bond motifs is 3. The molecule has 0 aliphatic carbocycles. The summed E-state index contributed by atoms with van der Waals surface area (Å²) in [6, 6.07) is 6.40. The van der Waals surface area contributed by atoms with Crippen molar-refractivity contribution in [3.8, 4) is 0 Å². The number of rotatable bonds is 0. The smallest absolute Gasteiger partial charge is 0.410 e. The topological polar surface area (TPSA) is 45.3 Å². The minimum Gasteiger partial charge on any atom is -0.444 e. The maximum absolute atomic E-state index is 12.2. The van der Waals surface area contributed by atoms with Gasteiger partial charge in [0.05, 0.1) is 6.54 Å². The lowest BCUT2D eigenvalue weighted by molar-refractivity contribution is 0.0224. The van der Waals surface area contributed by atoms with Crippen molar-refractivity contribution in [3.63, 3.8) is 0 Å². The predicted octanol–water partition coefficient (Wildman–Crippen LogP) is 4.80. The lowest BCUT2D eigenvalue weighted by Crippen LogP contribution is -2.39. The Morgan fingerprint density at radius 3 is 2.61 bits per heavy atom. The molecule has 1 N–H and O–H groups in total. The maximum Gasteiger partial charge on any atom is 0.410 e. The molecule has 4 heteroatoms. The zero-order valence-electron chi connectivity index (χ0n) is 15.1. The fourth-order valence-corrected chi connectivity index (χ4v) is 2.81. The second-order valence-corrected chi connectivity index (χ2v) is 6.78. The van der Waals surface area contributed by atoms with Gasteiger partial charge in [0.2, 0.25) is 0 Å². The lowest BCUT2D eigenvalue weighted by Gasteiger charge is -2.30. The molecule has 1 aromatic carbocycles. The molecule has 1 amide bonds. The van der Waals surface area contributed by atoms with E-state index in [4.69, 9.17) is 4.74 Å². The third-order valence-corrected chi connectivity index (χ3v) is 3.78. The molecule has 0 saturated heterocycles. The number of nitrogens with one attached hydrogen (secondary N) is 1. The average Bonchev–Trinajstić information content (AvgIpc) is 2.84. The summed E-state index contributed by atoms with van der Waals surface area (Å²) < 4.78 is 5.48. The monoisotopic (exact) mass is 316 g/mol. The van der Waals surface area contributed by atoms with Crippen LogP contribution in [0.3, 0.4) is 0 Å². The Hall–Kier alpha value is -1.97. The quantitative estimate of drug-likeness (QED) is 0.759. The molecule has 0 radical (unpaired) electrons. The average molecular weight is 316 g/mol. The molecule has 2 heterocycles. The zero-order valence-corrected chi connectivity index (χ0v) is 15.1. The van der Waals surface area contributed by atoms with Gasteiger partial charge in [-0.2, -0.15) is 0 Å². The van der Waals surface area contributed by atoms with Crippen molar-refractivity contribution in [1.29, 1.82) is 0 Å². The number of hydrogen-bond donors (Lipinski definition) is 1. The van der Waals surface area contributed by atoms with Crippen LogP contribution in [0.5, 0.6) is 0 Å². The molecule has 0 atom stereocenters. The standard InChI is InChI=1S/C17H22N2O2.C2H6/c1-11-5-6-14-12(9-11)13-10-19(8-7-15(13)18-14)16(20)21-17(2,3)4;1-2/h5-6,9,18H,7-8,10H2,1-4H3;1-2H3. The number of aryl methyl sites for hydroxylation is 1. The first kappa shape index (κ1) is 17.4. The number of benzene rings is 1. The van der Waals surface area contributed by atoms with Crippen molar-refractivity contribution < 1.29 is 9.53 Å². The molecule has 0 bridgehead atoms. The number of H-pyrrole nitrogens is 1.